The van der Waals surface area contributed by atoms with Crippen molar-refractivity contribution in [2.75, 3.05) is 19.7 Å². The number of carbonyl (C=O) groups is 2. The fourth-order valence-corrected chi connectivity index (χ4v) is 3.24. The van der Waals surface area contributed by atoms with E-state index in [4.69, 9.17) is 4.74 Å². The highest BCUT2D eigenvalue weighted by Gasteiger charge is 2.45. The van der Waals surface area contributed by atoms with Crippen molar-refractivity contribution < 1.29 is 14.3 Å². The van der Waals surface area contributed by atoms with Gasteiger partial charge in [0.1, 0.15) is 5.69 Å². The minimum Gasteiger partial charge on any atom is -0.466 e. The van der Waals surface area contributed by atoms with Crippen molar-refractivity contribution in [2.45, 2.75) is 33.1 Å². The molecule has 1 aromatic carbocycles. The molecule has 26 heavy (non-hydrogen) atoms. The highest BCUT2D eigenvalue weighted by Crippen LogP contribution is 2.40. The lowest BCUT2D eigenvalue weighted by molar-refractivity contribution is -0.145. The molecule has 2 atom stereocenters. The number of para-hydroxylation sites is 1. The molecule has 0 aliphatic heterocycles. The van der Waals surface area contributed by atoms with E-state index in [2.05, 4.69) is 11.9 Å². The number of hydrogen-bond acceptors (Lipinski definition) is 4. The predicted octanol–water partition coefficient (Wildman–Crippen LogP) is 3.68. The number of rotatable bonds is 8. The van der Waals surface area contributed by atoms with E-state index in [1.807, 2.05) is 42.2 Å². The molecule has 1 heterocycles. The molecule has 1 aliphatic rings. The highest BCUT2D eigenvalue weighted by atomic mass is 16.5. The van der Waals surface area contributed by atoms with Gasteiger partial charge in [-0.15, -0.1) is 0 Å². The van der Waals surface area contributed by atoms with Crippen LogP contribution in [0.3, 0.4) is 0 Å². The first-order valence-corrected chi connectivity index (χ1v) is 9.45. The molecule has 1 aliphatic carbocycles. The van der Waals surface area contributed by atoms with Gasteiger partial charge in [-0.2, -0.15) is 0 Å². The van der Waals surface area contributed by atoms with Crippen LogP contribution in [0, 0.1) is 11.8 Å². The number of fused-ring (bicyclic) bond motifs is 1. The SMILES string of the molecule is CCCCN(C[C@@H]1C[C@@H]1C(=O)OCC)C(=O)c1ccc2ccccc2n1. The van der Waals surface area contributed by atoms with E-state index in [1.165, 1.54) is 0 Å². The van der Waals surface area contributed by atoms with Crippen molar-refractivity contribution in [2.24, 2.45) is 11.8 Å². The molecule has 3 rings (SSSR count). The average Bonchev–Trinajstić information content (AvgIpc) is 3.43. The lowest BCUT2D eigenvalue weighted by Crippen LogP contribution is -2.35. The summed E-state index contributed by atoms with van der Waals surface area (Å²) < 4.78 is 5.10. The van der Waals surface area contributed by atoms with Crippen LogP contribution in [0.4, 0.5) is 0 Å². The molecule has 1 fully saturated rings. The number of esters is 1. The van der Waals surface area contributed by atoms with E-state index < -0.39 is 0 Å². The molecule has 1 aromatic heterocycles. The first-order valence-electron chi connectivity index (χ1n) is 9.45. The Labute approximate surface area is 154 Å². The maximum atomic E-state index is 13.0. The summed E-state index contributed by atoms with van der Waals surface area (Å²) in [5.41, 5.74) is 1.29. The van der Waals surface area contributed by atoms with Gasteiger partial charge >= 0.3 is 5.97 Å². The molecule has 5 heteroatoms. The first-order chi connectivity index (χ1) is 12.6. The van der Waals surface area contributed by atoms with Gasteiger partial charge < -0.3 is 9.64 Å². The van der Waals surface area contributed by atoms with Crippen LogP contribution in [0.15, 0.2) is 36.4 Å². The van der Waals surface area contributed by atoms with Crippen LogP contribution in [0.1, 0.15) is 43.6 Å². The molecule has 0 bridgehead atoms. The number of amides is 1. The molecular formula is C21H26N2O3. The lowest BCUT2D eigenvalue weighted by atomic mass is 10.2. The Morgan fingerprint density at radius 2 is 2.00 bits per heavy atom. The lowest BCUT2D eigenvalue weighted by Gasteiger charge is -2.22. The van der Waals surface area contributed by atoms with Gasteiger partial charge in [0.05, 0.1) is 18.0 Å². The van der Waals surface area contributed by atoms with E-state index in [0.29, 0.717) is 25.4 Å². The molecule has 2 aromatic rings. The monoisotopic (exact) mass is 354 g/mol. The number of ether oxygens (including phenoxy) is 1. The van der Waals surface area contributed by atoms with Crippen LogP contribution in [0.5, 0.6) is 0 Å². The highest BCUT2D eigenvalue weighted by molar-refractivity contribution is 5.95. The van der Waals surface area contributed by atoms with Crippen molar-refractivity contribution in [1.29, 1.82) is 0 Å². The zero-order valence-electron chi connectivity index (χ0n) is 15.5. The van der Waals surface area contributed by atoms with E-state index in [-0.39, 0.29) is 23.7 Å². The van der Waals surface area contributed by atoms with Gasteiger partial charge in [-0.3, -0.25) is 9.59 Å². The number of carbonyl (C=O) groups excluding carboxylic acids is 2. The van der Waals surface area contributed by atoms with Crippen LogP contribution in [0.25, 0.3) is 10.9 Å². The second kappa shape index (κ2) is 8.30. The number of pyridine rings is 1. The largest absolute Gasteiger partial charge is 0.466 e. The van der Waals surface area contributed by atoms with Crippen molar-refractivity contribution in [3.05, 3.63) is 42.1 Å². The summed E-state index contributed by atoms with van der Waals surface area (Å²) in [5.74, 6) is -0.0466. The first kappa shape index (κ1) is 18.4. The Morgan fingerprint density at radius 3 is 2.77 bits per heavy atom. The second-order valence-electron chi connectivity index (χ2n) is 6.85. The summed E-state index contributed by atoms with van der Waals surface area (Å²) in [5, 5.41) is 1.02. The Kier molecular flexibility index (Phi) is 5.86. The van der Waals surface area contributed by atoms with Gasteiger partial charge in [0.2, 0.25) is 0 Å². The number of hydrogen-bond donors (Lipinski definition) is 0. The van der Waals surface area contributed by atoms with Crippen LogP contribution < -0.4 is 0 Å². The number of aromatic nitrogens is 1. The number of nitrogens with zero attached hydrogens (tertiary/aromatic N) is 2. The Hall–Kier alpha value is -2.43. The average molecular weight is 354 g/mol. The molecule has 138 valence electrons. The van der Waals surface area contributed by atoms with Gasteiger partial charge in [0, 0.05) is 18.5 Å². The third-order valence-electron chi connectivity index (χ3n) is 4.85. The van der Waals surface area contributed by atoms with Crippen LogP contribution in [0.2, 0.25) is 0 Å². The molecule has 1 saturated carbocycles. The normalized spacial score (nSPS) is 18.5. The van der Waals surface area contributed by atoms with Gasteiger partial charge in [-0.05, 0) is 37.8 Å². The maximum absolute atomic E-state index is 13.0. The fraction of sp³-hybridized carbons (Fsp3) is 0.476. The minimum absolute atomic E-state index is 0.0567. The zero-order chi connectivity index (χ0) is 18.5. The van der Waals surface area contributed by atoms with E-state index in [9.17, 15) is 9.59 Å². The molecular weight excluding hydrogens is 328 g/mol. The molecule has 0 N–H and O–H groups in total. The van der Waals surface area contributed by atoms with E-state index in [1.54, 1.807) is 6.07 Å². The fourth-order valence-electron chi connectivity index (χ4n) is 3.24. The Bertz CT molecular complexity index is 790. The van der Waals surface area contributed by atoms with Gasteiger partial charge in [0.25, 0.3) is 5.91 Å². The molecule has 5 nitrogen and oxygen atoms in total. The maximum Gasteiger partial charge on any atom is 0.309 e. The van der Waals surface area contributed by atoms with E-state index in [0.717, 1.165) is 30.2 Å². The number of unbranched alkanes of at least 4 members (excludes halogenated alkanes) is 1. The third kappa shape index (κ3) is 4.21. The van der Waals surface area contributed by atoms with Crippen LogP contribution in [-0.4, -0.2) is 41.5 Å². The van der Waals surface area contributed by atoms with Crippen molar-refractivity contribution in [1.82, 2.24) is 9.88 Å². The summed E-state index contributed by atoms with van der Waals surface area (Å²) in [6, 6.07) is 11.5. The Balaban J connectivity index is 1.71. The molecule has 0 unspecified atom stereocenters. The zero-order valence-corrected chi connectivity index (χ0v) is 15.5. The quantitative estimate of drug-likeness (QED) is 0.679. The standard InChI is InChI=1S/C21H26N2O3/c1-3-5-12-23(14-16-13-17(16)21(25)26-4-2)20(24)19-11-10-15-8-6-7-9-18(15)22-19/h6-11,16-17H,3-5,12-14H2,1-2H3/t16-,17-/m0/s1. The van der Waals surface area contributed by atoms with E-state index >= 15 is 0 Å². The molecule has 0 radical (unpaired) electrons. The van der Waals surface area contributed by atoms with Crippen molar-refractivity contribution in [3.8, 4) is 0 Å². The van der Waals surface area contributed by atoms with Crippen LogP contribution in [-0.2, 0) is 9.53 Å². The predicted molar refractivity (Wildman–Crippen MR) is 101 cm³/mol. The summed E-state index contributed by atoms with van der Waals surface area (Å²) in [6.07, 6.45) is 2.76. The molecule has 0 saturated heterocycles. The third-order valence-corrected chi connectivity index (χ3v) is 4.85. The minimum atomic E-state index is -0.135. The van der Waals surface area contributed by atoms with Gasteiger partial charge in [0.15, 0.2) is 0 Å². The number of benzene rings is 1. The summed E-state index contributed by atoms with van der Waals surface area (Å²) >= 11 is 0. The summed E-state index contributed by atoms with van der Waals surface area (Å²) in [7, 11) is 0. The summed E-state index contributed by atoms with van der Waals surface area (Å²) in [6.45, 7) is 5.61. The Morgan fingerprint density at radius 1 is 1.19 bits per heavy atom. The van der Waals surface area contributed by atoms with Crippen molar-refractivity contribution >= 4 is 22.8 Å². The van der Waals surface area contributed by atoms with Gasteiger partial charge in [-0.1, -0.05) is 37.6 Å². The van der Waals surface area contributed by atoms with Crippen LogP contribution >= 0.6 is 0 Å². The topological polar surface area (TPSA) is 59.5 Å². The summed E-state index contributed by atoms with van der Waals surface area (Å²) in [4.78, 5) is 31.3. The molecule has 1 amide bonds. The molecule has 0 spiro atoms. The van der Waals surface area contributed by atoms with Crippen molar-refractivity contribution in [3.63, 3.8) is 0 Å². The van der Waals surface area contributed by atoms with Gasteiger partial charge in [-0.25, -0.2) is 4.98 Å². The smallest absolute Gasteiger partial charge is 0.309 e. The second-order valence-corrected chi connectivity index (χ2v) is 6.85.